The van der Waals surface area contributed by atoms with E-state index in [0.29, 0.717) is 22.2 Å². The highest BCUT2D eigenvalue weighted by molar-refractivity contribution is 7.17. The number of carbonyl (C=O) groups excluding carboxylic acids is 1. The normalized spacial score (nSPS) is 10.7. The summed E-state index contributed by atoms with van der Waals surface area (Å²) in [5.74, 6) is -3.19. The average molecular weight is 284 g/mol. The fraction of sp³-hybridized carbons (Fsp3) is 0.214. The topological polar surface area (TPSA) is 17.1 Å². The van der Waals surface area contributed by atoms with Gasteiger partial charge in [0.2, 0.25) is 0 Å². The number of thiophene rings is 1. The van der Waals surface area contributed by atoms with Gasteiger partial charge in [-0.05, 0) is 24.6 Å². The predicted octanol–water partition coefficient (Wildman–Crippen LogP) is 4.82. The van der Waals surface area contributed by atoms with Gasteiger partial charge in [-0.2, -0.15) is 0 Å². The molecule has 2 rings (SSSR count). The van der Waals surface area contributed by atoms with Gasteiger partial charge in [-0.1, -0.05) is 6.92 Å². The first-order chi connectivity index (χ1) is 9.02. The largest absolute Gasteiger partial charge is 0.293 e. The number of ketones is 1. The molecule has 1 heterocycles. The lowest BCUT2D eigenvalue weighted by atomic mass is 10.1. The van der Waals surface area contributed by atoms with Gasteiger partial charge >= 0.3 is 0 Å². The van der Waals surface area contributed by atoms with Crippen LogP contribution in [0.15, 0.2) is 24.3 Å². The maximum absolute atomic E-state index is 13.6. The average Bonchev–Trinajstić information content (AvgIpc) is 2.83. The number of hydrogen-bond acceptors (Lipinski definition) is 2. The Morgan fingerprint density at radius 1 is 1.11 bits per heavy atom. The lowest BCUT2D eigenvalue weighted by Gasteiger charge is -2.01. The lowest BCUT2D eigenvalue weighted by molar-refractivity contribution is 0.0985. The maximum atomic E-state index is 13.6. The third kappa shape index (κ3) is 2.87. The van der Waals surface area contributed by atoms with Crippen LogP contribution < -0.4 is 0 Å². The van der Waals surface area contributed by atoms with Crippen molar-refractivity contribution in [2.75, 3.05) is 0 Å². The van der Waals surface area contributed by atoms with Gasteiger partial charge in [-0.15, -0.1) is 11.3 Å². The maximum Gasteiger partial charge on any atom is 0.172 e. The number of carbonyl (C=O) groups is 1. The molecule has 0 spiro atoms. The van der Waals surface area contributed by atoms with Crippen LogP contribution in [0.5, 0.6) is 0 Å². The summed E-state index contributed by atoms with van der Waals surface area (Å²) in [4.78, 5) is 12.6. The van der Waals surface area contributed by atoms with E-state index in [2.05, 4.69) is 0 Å². The highest BCUT2D eigenvalue weighted by Crippen LogP contribution is 2.32. The molecule has 0 amide bonds. The Hall–Kier alpha value is -1.62. The molecule has 0 aliphatic carbocycles. The van der Waals surface area contributed by atoms with E-state index in [1.807, 2.05) is 6.92 Å². The molecule has 0 aliphatic rings. The molecular formula is C14H11F3OS. The molecular weight excluding hydrogens is 273 g/mol. The SMILES string of the molecule is CCCC(=O)c1ccc(-c2cc(F)c(F)cc2F)s1. The van der Waals surface area contributed by atoms with Crippen molar-refractivity contribution in [1.29, 1.82) is 0 Å². The molecule has 0 radical (unpaired) electrons. The number of hydrogen-bond donors (Lipinski definition) is 0. The van der Waals surface area contributed by atoms with Gasteiger partial charge in [0.25, 0.3) is 0 Å². The Kier molecular flexibility index (Phi) is 4.04. The van der Waals surface area contributed by atoms with Gasteiger partial charge in [0, 0.05) is 22.9 Å². The van der Waals surface area contributed by atoms with Crippen molar-refractivity contribution < 1.29 is 18.0 Å². The molecule has 0 aliphatic heterocycles. The molecule has 100 valence electrons. The van der Waals surface area contributed by atoms with Crippen LogP contribution in [-0.2, 0) is 0 Å². The van der Waals surface area contributed by atoms with E-state index in [0.717, 1.165) is 23.8 Å². The van der Waals surface area contributed by atoms with Crippen LogP contribution in [0.1, 0.15) is 29.4 Å². The van der Waals surface area contributed by atoms with E-state index in [1.54, 1.807) is 12.1 Å². The second-order valence-corrected chi connectivity index (χ2v) is 5.17. The molecule has 2 aromatic rings. The quantitative estimate of drug-likeness (QED) is 0.581. The summed E-state index contributed by atoms with van der Waals surface area (Å²) < 4.78 is 39.6. The van der Waals surface area contributed by atoms with E-state index in [9.17, 15) is 18.0 Å². The summed E-state index contributed by atoms with van der Waals surface area (Å²) in [7, 11) is 0. The highest BCUT2D eigenvalue weighted by atomic mass is 32.1. The summed E-state index contributed by atoms with van der Waals surface area (Å²) >= 11 is 1.08. The fourth-order valence-corrected chi connectivity index (χ4v) is 2.69. The second kappa shape index (κ2) is 5.57. The van der Waals surface area contributed by atoms with Crippen molar-refractivity contribution in [3.8, 4) is 10.4 Å². The van der Waals surface area contributed by atoms with Gasteiger partial charge in [-0.25, -0.2) is 13.2 Å². The molecule has 0 saturated carbocycles. The highest BCUT2D eigenvalue weighted by Gasteiger charge is 2.15. The van der Waals surface area contributed by atoms with Gasteiger partial charge in [0.1, 0.15) is 5.82 Å². The van der Waals surface area contributed by atoms with E-state index in [1.165, 1.54) is 0 Å². The molecule has 0 N–H and O–H groups in total. The number of benzene rings is 1. The summed E-state index contributed by atoms with van der Waals surface area (Å²) in [6, 6.07) is 4.45. The Morgan fingerprint density at radius 3 is 2.47 bits per heavy atom. The van der Waals surface area contributed by atoms with Gasteiger partial charge in [0.05, 0.1) is 4.88 Å². The first kappa shape index (κ1) is 13.8. The Balaban J connectivity index is 2.38. The minimum atomic E-state index is -1.22. The summed E-state index contributed by atoms with van der Waals surface area (Å²) in [5, 5.41) is 0. The van der Waals surface area contributed by atoms with Crippen molar-refractivity contribution in [3.63, 3.8) is 0 Å². The van der Waals surface area contributed by atoms with Crippen molar-refractivity contribution >= 4 is 17.1 Å². The van der Waals surface area contributed by atoms with Gasteiger partial charge in [0.15, 0.2) is 17.4 Å². The molecule has 0 saturated heterocycles. The number of rotatable bonds is 4. The number of halogens is 3. The molecule has 0 bridgehead atoms. The second-order valence-electron chi connectivity index (χ2n) is 4.08. The molecule has 0 fully saturated rings. The molecule has 19 heavy (non-hydrogen) atoms. The minimum absolute atomic E-state index is 0.0262. The Morgan fingerprint density at radius 2 is 1.79 bits per heavy atom. The van der Waals surface area contributed by atoms with Crippen LogP contribution in [0, 0.1) is 17.5 Å². The van der Waals surface area contributed by atoms with Crippen LogP contribution in [0.3, 0.4) is 0 Å². The van der Waals surface area contributed by atoms with Crippen LogP contribution >= 0.6 is 11.3 Å². The summed E-state index contributed by atoms with van der Waals surface area (Å²) in [6.45, 7) is 1.89. The Labute approximate surface area is 112 Å². The van der Waals surface area contributed by atoms with Crippen molar-refractivity contribution in [2.24, 2.45) is 0 Å². The molecule has 1 aromatic carbocycles. The molecule has 0 unspecified atom stereocenters. The standard InChI is InChI=1S/C14H11F3OS/c1-2-3-12(18)14-5-4-13(19-14)8-6-10(16)11(17)7-9(8)15/h4-7H,2-3H2,1H3. The van der Waals surface area contributed by atoms with Gasteiger partial charge < -0.3 is 0 Å². The van der Waals surface area contributed by atoms with Crippen LogP contribution in [0.25, 0.3) is 10.4 Å². The minimum Gasteiger partial charge on any atom is -0.293 e. The predicted molar refractivity (Wildman–Crippen MR) is 68.9 cm³/mol. The summed E-state index contributed by atoms with van der Waals surface area (Å²) in [5.41, 5.74) is -0.0283. The fourth-order valence-electron chi connectivity index (χ4n) is 1.69. The molecule has 0 atom stereocenters. The third-order valence-corrected chi connectivity index (χ3v) is 3.79. The van der Waals surface area contributed by atoms with E-state index in [-0.39, 0.29) is 11.3 Å². The van der Waals surface area contributed by atoms with Gasteiger partial charge in [-0.3, -0.25) is 4.79 Å². The van der Waals surface area contributed by atoms with Crippen LogP contribution in [-0.4, -0.2) is 5.78 Å². The Bertz CT molecular complexity index is 619. The first-order valence-electron chi connectivity index (χ1n) is 5.81. The first-order valence-corrected chi connectivity index (χ1v) is 6.62. The summed E-state index contributed by atoms with van der Waals surface area (Å²) in [6.07, 6.45) is 1.14. The monoisotopic (exact) mass is 284 g/mol. The van der Waals surface area contributed by atoms with Crippen LogP contribution in [0.2, 0.25) is 0 Å². The van der Waals surface area contributed by atoms with E-state index in [4.69, 9.17) is 0 Å². The third-order valence-electron chi connectivity index (χ3n) is 2.63. The van der Waals surface area contributed by atoms with Crippen LogP contribution in [0.4, 0.5) is 13.2 Å². The smallest absolute Gasteiger partial charge is 0.172 e. The van der Waals surface area contributed by atoms with Crippen molar-refractivity contribution in [3.05, 3.63) is 46.6 Å². The van der Waals surface area contributed by atoms with Crippen molar-refractivity contribution in [2.45, 2.75) is 19.8 Å². The van der Waals surface area contributed by atoms with E-state index < -0.39 is 17.5 Å². The number of Topliss-reactive ketones (excluding diaryl/α,β-unsaturated/α-hetero) is 1. The molecule has 1 nitrogen and oxygen atoms in total. The van der Waals surface area contributed by atoms with E-state index >= 15 is 0 Å². The zero-order valence-electron chi connectivity index (χ0n) is 10.2. The molecule has 5 heteroatoms. The zero-order valence-corrected chi connectivity index (χ0v) is 11.0. The van der Waals surface area contributed by atoms with Crippen molar-refractivity contribution in [1.82, 2.24) is 0 Å². The molecule has 1 aromatic heterocycles. The lowest BCUT2D eigenvalue weighted by Crippen LogP contribution is -1.93. The zero-order chi connectivity index (χ0) is 14.0.